The largest absolute Gasteiger partial charge is 0.497 e. The van der Waals surface area contributed by atoms with Gasteiger partial charge in [-0.2, -0.15) is 0 Å². The topological polar surface area (TPSA) is 82.6 Å². The number of ether oxygens (including phenoxy) is 3. The number of amides is 1. The molecule has 0 atom stereocenters. The lowest BCUT2D eigenvalue weighted by Gasteiger charge is -2.12. The summed E-state index contributed by atoms with van der Waals surface area (Å²) >= 11 is 1.33. The Balaban J connectivity index is 1.57. The molecule has 8 heteroatoms. The van der Waals surface area contributed by atoms with Gasteiger partial charge in [-0.3, -0.25) is 4.79 Å². The summed E-state index contributed by atoms with van der Waals surface area (Å²) < 4.78 is 16.4. The van der Waals surface area contributed by atoms with E-state index in [1.807, 2.05) is 56.3 Å². The summed E-state index contributed by atoms with van der Waals surface area (Å²) in [4.78, 5) is 12.4. The number of nitrogens with zero attached hydrogens (tertiary/aromatic N) is 2. The summed E-state index contributed by atoms with van der Waals surface area (Å²) in [5.41, 5.74) is 1.93. The minimum Gasteiger partial charge on any atom is -0.497 e. The summed E-state index contributed by atoms with van der Waals surface area (Å²) in [6, 6.07) is 13.3. The van der Waals surface area contributed by atoms with E-state index in [4.69, 9.17) is 14.2 Å². The third-order valence-corrected chi connectivity index (χ3v) is 5.14. The van der Waals surface area contributed by atoms with Crippen LogP contribution in [0.1, 0.15) is 25.8 Å². The van der Waals surface area contributed by atoms with Gasteiger partial charge in [0.05, 0.1) is 20.3 Å². The summed E-state index contributed by atoms with van der Waals surface area (Å²) in [5.74, 6) is 2.08. The van der Waals surface area contributed by atoms with Gasteiger partial charge < -0.3 is 19.5 Å². The first kappa shape index (κ1) is 21.6. The molecule has 0 radical (unpaired) electrons. The molecule has 0 saturated heterocycles. The van der Waals surface area contributed by atoms with Crippen molar-refractivity contribution in [2.45, 2.75) is 26.7 Å². The van der Waals surface area contributed by atoms with E-state index in [2.05, 4.69) is 15.5 Å². The number of methoxy groups -OCH3 is 1. The fraction of sp³-hybridized carbons (Fsp3) is 0.318. The lowest BCUT2D eigenvalue weighted by atomic mass is 10.1. The smallest absolute Gasteiger partial charge is 0.226 e. The number of nitrogens with one attached hydrogen (secondary N) is 1. The number of anilines is 1. The molecular formula is C22H25N3O4S. The van der Waals surface area contributed by atoms with Crippen LogP contribution in [0.5, 0.6) is 17.2 Å². The van der Waals surface area contributed by atoms with Crippen molar-refractivity contribution < 1.29 is 19.0 Å². The highest BCUT2D eigenvalue weighted by Crippen LogP contribution is 2.30. The summed E-state index contributed by atoms with van der Waals surface area (Å²) in [6.45, 7) is 4.99. The summed E-state index contributed by atoms with van der Waals surface area (Å²) in [6.07, 6.45) is 0.916. The standard InChI is InChI=1S/C22H25N3O4S/c1-4-28-18-12-6-15(14-19(18)29-5-2)7-13-20(26)23-22-25-24-21(30-22)16-8-10-17(27-3)11-9-16/h6,8-12,14H,4-5,7,13H2,1-3H3,(H,23,25,26). The molecule has 0 aliphatic carbocycles. The van der Waals surface area contributed by atoms with Crippen LogP contribution in [-0.4, -0.2) is 36.4 Å². The van der Waals surface area contributed by atoms with Crippen molar-refractivity contribution in [3.05, 3.63) is 48.0 Å². The minimum atomic E-state index is -0.112. The van der Waals surface area contributed by atoms with E-state index < -0.39 is 0 Å². The number of aryl methyl sites for hydroxylation is 1. The van der Waals surface area contributed by atoms with Crippen LogP contribution in [0.25, 0.3) is 10.6 Å². The van der Waals surface area contributed by atoms with Crippen LogP contribution in [0.2, 0.25) is 0 Å². The van der Waals surface area contributed by atoms with E-state index in [9.17, 15) is 4.79 Å². The molecular weight excluding hydrogens is 402 g/mol. The van der Waals surface area contributed by atoms with Gasteiger partial charge in [0, 0.05) is 12.0 Å². The molecule has 1 amide bonds. The van der Waals surface area contributed by atoms with Crippen LogP contribution in [0.4, 0.5) is 5.13 Å². The van der Waals surface area contributed by atoms with Gasteiger partial charge in [0.1, 0.15) is 10.8 Å². The first-order valence-corrected chi connectivity index (χ1v) is 10.6. The fourth-order valence-electron chi connectivity index (χ4n) is 2.81. The lowest BCUT2D eigenvalue weighted by molar-refractivity contribution is -0.116. The van der Waals surface area contributed by atoms with Gasteiger partial charge in [0.2, 0.25) is 11.0 Å². The van der Waals surface area contributed by atoms with E-state index in [-0.39, 0.29) is 5.91 Å². The van der Waals surface area contributed by atoms with Crippen molar-refractivity contribution >= 4 is 22.4 Å². The molecule has 1 aromatic heterocycles. The molecule has 0 spiro atoms. The maximum absolute atomic E-state index is 12.4. The van der Waals surface area contributed by atoms with Crippen LogP contribution in [0, 0.1) is 0 Å². The number of rotatable bonds is 10. The zero-order valence-corrected chi connectivity index (χ0v) is 18.1. The van der Waals surface area contributed by atoms with Crippen LogP contribution in [0.3, 0.4) is 0 Å². The van der Waals surface area contributed by atoms with Crippen LogP contribution >= 0.6 is 11.3 Å². The minimum absolute atomic E-state index is 0.112. The SMILES string of the molecule is CCOc1ccc(CCC(=O)Nc2nnc(-c3ccc(OC)cc3)s2)cc1OCC. The van der Waals surface area contributed by atoms with Crippen molar-refractivity contribution in [2.24, 2.45) is 0 Å². The van der Waals surface area contributed by atoms with Crippen molar-refractivity contribution in [1.82, 2.24) is 10.2 Å². The number of carbonyl (C=O) groups excluding carboxylic acids is 1. The maximum atomic E-state index is 12.4. The Morgan fingerprint density at radius 1 is 1.00 bits per heavy atom. The van der Waals surface area contributed by atoms with E-state index in [1.54, 1.807) is 7.11 Å². The first-order valence-electron chi connectivity index (χ1n) is 9.79. The zero-order valence-electron chi connectivity index (χ0n) is 17.3. The number of hydrogen-bond acceptors (Lipinski definition) is 7. The zero-order chi connectivity index (χ0) is 21.3. The Morgan fingerprint density at radius 2 is 1.73 bits per heavy atom. The summed E-state index contributed by atoms with van der Waals surface area (Å²) in [5, 5.41) is 12.3. The highest BCUT2D eigenvalue weighted by Gasteiger charge is 2.11. The molecule has 0 aliphatic rings. The Bertz CT molecular complexity index is 973. The average molecular weight is 428 g/mol. The third kappa shape index (κ3) is 5.70. The molecule has 30 heavy (non-hydrogen) atoms. The first-order chi connectivity index (χ1) is 14.6. The van der Waals surface area contributed by atoms with Crippen molar-refractivity contribution in [3.63, 3.8) is 0 Å². The summed E-state index contributed by atoms with van der Waals surface area (Å²) in [7, 11) is 1.62. The van der Waals surface area contributed by atoms with E-state index >= 15 is 0 Å². The molecule has 3 rings (SSSR count). The van der Waals surface area contributed by atoms with Gasteiger partial charge in [-0.1, -0.05) is 17.4 Å². The van der Waals surface area contributed by atoms with Gasteiger partial charge in [0.15, 0.2) is 11.5 Å². The van der Waals surface area contributed by atoms with Crippen LogP contribution in [0.15, 0.2) is 42.5 Å². The second-order valence-electron chi connectivity index (χ2n) is 6.34. The number of carbonyl (C=O) groups is 1. The Morgan fingerprint density at radius 3 is 2.43 bits per heavy atom. The van der Waals surface area contributed by atoms with Gasteiger partial charge >= 0.3 is 0 Å². The average Bonchev–Trinajstić information content (AvgIpc) is 3.22. The second kappa shape index (κ2) is 10.6. The van der Waals surface area contributed by atoms with Gasteiger partial charge in [-0.15, -0.1) is 10.2 Å². The van der Waals surface area contributed by atoms with E-state index in [0.717, 1.165) is 21.9 Å². The van der Waals surface area contributed by atoms with Crippen molar-refractivity contribution in [3.8, 4) is 27.8 Å². The maximum Gasteiger partial charge on any atom is 0.226 e. The van der Waals surface area contributed by atoms with Gasteiger partial charge in [0.25, 0.3) is 0 Å². The van der Waals surface area contributed by atoms with Gasteiger partial charge in [-0.25, -0.2) is 0 Å². The normalized spacial score (nSPS) is 10.5. The molecule has 0 aliphatic heterocycles. The molecule has 0 unspecified atom stereocenters. The predicted molar refractivity (Wildman–Crippen MR) is 118 cm³/mol. The van der Waals surface area contributed by atoms with Gasteiger partial charge in [-0.05, 0) is 62.2 Å². The van der Waals surface area contributed by atoms with E-state index in [1.165, 1.54) is 11.3 Å². The van der Waals surface area contributed by atoms with Crippen LogP contribution in [-0.2, 0) is 11.2 Å². The Kier molecular flexibility index (Phi) is 7.62. The molecule has 0 bridgehead atoms. The Hall–Kier alpha value is -3.13. The molecule has 158 valence electrons. The van der Waals surface area contributed by atoms with Crippen molar-refractivity contribution in [1.29, 1.82) is 0 Å². The molecule has 2 aromatic carbocycles. The molecule has 0 saturated carbocycles. The highest BCUT2D eigenvalue weighted by atomic mass is 32.1. The molecule has 0 fully saturated rings. The molecule has 1 N–H and O–H groups in total. The van der Waals surface area contributed by atoms with Crippen molar-refractivity contribution in [2.75, 3.05) is 25.6 Å². The number of benzene rings is 2. The predicted octanol–water partition coefficient (Wildman–Crippen LogP) is 4.58. The van der Waals surface area contributed by atoms with Crippen LogP contribution < -0.4 is 19.5 Å². The molecule has 3 aromatic rings. The Labute approximate surface area is 180 Å². The molecule has 7 nitrogen and oxygen atoms in total. The third-order valence-electron chi connectivity index (χ3n) is 4.26. The monoisotopic (exact) mass is 427 g/mol. The number of hydrogen-bond donors (Lipinski definition) is 1. The van der Waals surface area contributed by atoms with E-state index in [0.29, 0.717) is 42.7 Å². The second-order valence-corrected chi connectivity index (χ2v) is 7.31. The number of aromatic nitrogens is 2. The highest BCUT2D eigenvalue weighted by molar-refractivity contribution is 7.18. The fourth-order valence-corrected chi connectivity index (χ4v) is 3.58. The lowest BCUT2D eigenvalue weighted by Crippen LogP contribution is -2.12. The molecule has 1 heterocycles. The quantitative estimate of drug-likeness (QED) is 0.510.